The van der Waals surface area contributed by atoms with Crippen LogP contribution >= 0.6 is 11.8 Å². The molecule has 1 saturated heterocycles. The molecule has 1 heterocycles. The van der Waals surface area contributed by atoms with Gasteiger partial charge < -0.3 is 10.1 Å². The predicted octanol–water partition coefficient (Wildman–Crippen LogP) is 3.18. The summed E-state index contributed by atoms with van der Waals surface area (Å²) in [6.07, 6.45) is 4.22. The molecule has 0 amide bonds. The largest absolute Gasteiger partial charge is 0.441 e. The summed E-state index contributed by atoms with van der Waals surface area (Å²) in [6, 6.07) is 0.314. The summed E-state index contributed by atoms with van der Waals surface area (Å²) in [5.74, 6) is 0.0826. The number of ether oxygens (including phenoxy) is 1. The number of halogens is 3. The number of hydrogen-bond acceptors (Lipinski definition) is 3. The Morgan fingerprint density at radius 3 is 2.82 bits per heavy atom. The van der Waals surface area contributed by atoms with Gasteiger partial charge in [0.2, 0.25) is 0 Å². The first-order valence-electron chi connectivity index (χ1n) is 6.07. The van der Waals surface area contributed by atoms with Crippen molar-refractivity contribution in [1.82, 2.24) is 5.32 Å². The third-order valence-corrected chi connectivity index (χ3v) is 3.51. The highest BCUT2D eigenvalue weighted by atomic mass is 32.2. The van der Waals surface area contributed by atoms with Crippen molar-refractivity contribution in [1.29, 1.82) is 0 Å². The van der Waals surface area contributed by atoms with Crippen LogP contribution in [0, 0.1) is 0 Å². The molecule has 0 saturated carbocycles. The van der Waals surface area contributed by atoms with Crippen molar-refractivity contribution in [2.75, 3.05) is 18.9 Å². The van der Waals surface area contributed by atoms with Crippen LogP contribution in [0.5, 0.6) is 0 Å². The molecule has 2 unspecified atom stereocenters. The maximum absolute atomic E-state index is 11.9. The molecule has 1 aliphatic rings. The lowest BCUT2D eigenvalue weighted by Crippen LogP contribution is -2.40. The number of thioether (sulfide) groups is 1. The molecule has 1 fully saturated rings. The molecule has 0 bridgehead atoms. The molecule has 1 aliphatic heterocycles. The molecule has 0 aromatic rings. The molecule has 1 rings (SSSR count). The minimum Gasteiger partial charge on any atom is -0.378 e. The fraction of sp³-hybridized carbons (Fsp3) is 1.00. The SMILES string of the molecule is CCCC1CC(NCCSC(F)(F)F)CCO1. The maximum atomic E-state index is 11.9. The minimum atomic E-state index is -4.11. The summed E-state index contributed by atoms with van der Waals surface area (Å²) in [6.45, 7) is 3.24. The lowest BCUT2D eigenvalue weighted by atomic mass is 10.0. The van der Waals surface area contributed by atoms with E-state index < -0.39 is 5.51 Å². The van der Waals surface area contributed by atoms with E-state index >= 15 is 0 Å². The molecule has 0 radical (unpaired) electrons. The second kappa shape index (κ2) is 7.48. The highest BCUT2D eigenvalue weighted by molar-refractivity contribution is 8.00. The van der Waals surface area contributed by atoms with Gasteiger partial charge in [-0.2, -0.15) is 13.2 Å². The van der Waals surface area contributed by atoms with Gasteiger partial charge in [-0.15, -0.1) is 0 Å². The van der Waals surface area contributed by atoms with Crippen LogP contribution < -0.4 is 5.32 Å². The number of alkyl halides is 3. The van der Waals surface area contributed by atoms with Crippen molar-refractivity contribution in [3.8, 4) is 0 Å². The molecule has 0 aliphatic carbocycles. The van der Waals surface area contributed by atoms with Gasteiger partial charge in [-0.1, -0.05) is 13.3 Å². The second-order valence-electron chi connectivity index (χ2n) is 4.25. The summed E-state index contributed by atoms with van der Waals surface area (Å²) < 4.78 is 41.3. The molecular formula is C11H20F3NOS. The Morgan fingerprint density at radius 2 is 2.18 bits per heavy atom. The lowest BCUT2D eigenvalue weighted by Gasteiger charge is -2.30. The molecule has 17 heavy (non-hydrogen) atoms. The smallest absolute Gasteiger partial charge is 0.378 e. The van der Waals surface area contributed by atoms with Crippen molar-refractivity contribution < 1.29 is 17.9 Å². The fourth-order valence-corrected chi connectivity index (χ4v) is 2.47. The van der Waals surface area contributed by atoms with Gasteiger partial charge in [-0.25, -0.2) is 0 Å². The molecule has 0 aromatic carbocycles. The lowest BCUT2D eigenvalue weighted by molar-refractivity contribution is -0.0328. The van der Waals surface area contributed by atoms with Gasteiger partial charge in [-0.05, 0) is 31.0 Å². The minimum absolute atomic E-state index is 0.0395. The molecule has 2 nitrogen and oxygen atoms in total. The summed E-state index contributed by atoms with van der Waals surface area (Å²) >= 11 is 0.0395. The van der Waals surface area contributed by atoms with Crippen molar-refractivity contribution >= 4 is 11.8 Å². The third-order valence-electron chi connectivity index (χ3n) is 2.78. The van der Waals surface area contributed by atoms with Gasteiger partial charge in [0.05, 0.1) is 6.10 Å². The van der Waals surface area contributed by atoms with Crippen molar-refractivity contribution in [2.45, 2.75) is 50.3 Å². The van der Waals surface area contributed by atoms with Crippen LogP contribution in [0.25, 0.3) is 0 Å². The van der Waals surface area contributed by atoms with Gasteiger partial charge in [-0.3, -0.25) is 0 Å². The van der Waals surface area contributed by atoms with Gasteiger partial charge in [0.1, 0.15) is 0 Å². The van der Waals surface area contributed by atoms with E-state index in [4.69, 9.17) is 4.74 Å². The summed E-state index contributed by atoms with van der Waals surface area (Å²) in [5.41, 5.74) is -4.11. The van der Waals surface area contributed by atoms with Gasteiger partial charge >= 0.3 is 5.51 Å². The van der Waals surface area contributed by atoms with Crippen LogP contribution in [0.3, 0.4) is 0 Å². The molecule has 1 N–H and O–H groups in total. The van der Waals surface area contributed by atoms with E-state index in [-0.39, 0.29) is 23.6 Å². The van der Waals surface area contributed by atoms with Crippen molar-refractivity contribution in [3.05, 3.63) is 0 Å². The maximum Gasteiger partial charge on any atom is 0.441 e. The number of nitrogens with one attached hydrogen (secondary N) is 1. The van der Waals surface area contributed by atoms with E-state index in [1.54, 1.807) is 0 Å². The Balaban J connectivity index is 2.10. The Bertz CT molecular complexity index is 211. The highest BCUT2D eigenvalue weighted by Gasteiger charge is 2.28. The highest BCUT2D eigenvalue weighted by Crippen LogP contribution is 2.29. The Labute approximate surface area is 105 Å². The quantitative estimate of drug-likeness (QED) is 0.750. The van der Waals surface area contributed by atoms with E-state index in [1.165, 1.54) is 0 Å². The summed E-state index contributed by atoms with van der Waals surface area (Å²) in [5, 5.41) is 3.18. The summed E-state index contributed by atoms with van der Waals surface area (Å²) in [7, 11) is 0. The van der Waals surface area contributed by atoms with Crippen molar-refractivity contribution in [3.63, 3.8) is 0 Å². The Hall–Kier alpha value is 0.0600. The first-order valence-corrected chi connectivity index (χ1v) is 7.05. The number of hydrogen-bond donors (Lipinski definition) is 1. The number of rotatable bonds is 6. The van der Waals surface area contributed by atoms with Crippen LogP contribution in [0.2, 0.25) is 0 Å². The average Bonchev–Trinajstić information content (AvgIpc) is 2.24. The zero-order chi connectivity index (χ0) is 12.7. The molecule has 0 spiro atoms. The molecule has 0 aromatic heterocycles. The third kappa shape index (κ3) is 7.16. The Morgan fingerprint density at radius 1 is 1.41 bits per heavy atom. The van der Waals surface area contributed by atoms with E-state index in [0.717, 1.165) is 32.3 Å². The molecule has 6 heteroatoms. The Kier molecular flexibility index (Phi) is 6.66. The topological polar surface area (TPSA) is 21.3 Å². The van der Waals surface area contributed by atoms with Crippen LogP contribution in [0.15, 0.2) is 0 Å². The first-order chi connectivity index (χ1) is 8.01. The predicted molar refractivity (Wildman–Crippen MR) is 64.2 cm³/mol. The first kappa shape index (κ1) is 15.1. The molecular weight excluding hydrogens is 251 g/mol. The molecule has 2 atom stereocenters. The summed E-state index contributed by atoms with van der Waals surface area (Å²) in [4.78, 5) is 0. The van der Waals surface area contributed by atoms with E-state index in [9.17, 15) is 13.2 Å². The zero-order valence-corrected chi connectivity index (χ0v) is 10.9. The monoisotopic (exact) mass is 271 g/mol. The normalized spacial score (nSPS) is 26.1. The van der Waals surface area contributed by atoms with Gasteiger partial charge in [0.25, 0.3) is 0 Å². The van der Waals surface area contributed by atoms with Crippen LogP contribution in [-0.2, 0) is 4.74 Å². The van der Waals surface area contributed by atoms with Crippen LogP contribution in [-0.4, -0.2) is 36.6 Å². The van der Waals surface area contributed by atoms with Gasteiger partial charge in [0.15, 0.2) is 0 Å². The fourth-order valence-electron chi connectivity index (χ4n) is 2.02. The standard InChI is InChI=1S/C11H20F3NOS/c1-2-3-10-8-9(4-6-16-10)15-5-7-17-11(12,13)14/h9-10,15H,2-8H2,1H3. The molecule has 102 valence electrons. The van der Waals surface area contributed by atoms with Gasteiger partial charge in [0, 0.05) is 24.9 Å². The average molecular weight is 271 g/mol. The second-order valence-corrected chi connectivity index (χ2v) is 5.41. The van der Waals surface area contributed by atoms with E-state index in [0.29, 0.717) is 12.6 Å². The van der Waals surface area contributed by atoms with E-state index in [2.05, 4.69) is 12.2 Å². The zero-order valence-electron chi connectivity index (χ0n) is 10.1. The van der Waals surface area contributed by atoms with Crippen LogP contribution in [0.1, 0.15) is 32.6 Å². The van der Waals surface area contributed by atoms with Crippen LogP contribution in [0.4, 0.5) is 13.2 Å². The van der Waals surface area contributed by atoms with Crippen molar-refractivity contribution in [2.24, 2.45) is 0 Å². The van der Waals surface area contributed by atoms with E-state index in [1.807, 2.05) is 0 Å².